The quantitative estimate of drug-likeness (QED) is 0.362. The van der Waals surface area contributed by atoms with Gasteiger partial charge in [0.15, 0.2) is 5.78 Å². The van der Waals surface area contributed by atoms with E-state index in [0.717, 1.165) is 10.9 Å². The maximum absolute atomic E-state index is 12.5. The topological polar surface area (TPSA) is 17.1 Å². The van der Waals surface area contributed by atoms with Crippen LogP contribution >= 0.6 is 59.4 Å². The summed E-state index contributed by atoms with van der Waals surface area (Å²) in [5.74, 6) is 0.392. The van der Waals surface area contributed by atoms with Crippen LogP contribution in [0.1, 0.15) is 33.8 Å². The molecule has 1 aliphatic carbocycles. The summed E-state index contributed by atoms with van der Waals surface area (Å²) in [6.07, 6.45) is 1.05. The Morgan fingerprint density at radius 1 is 1.14 bits per heavy atom. The Morgan fingerprint density at radius 2 is 1.76 bits per heavy atom. The molecule has 1 saturated carbocycles. The average molecular weight is 493 g/mol. The van der Waals surface area contributed by atoms with Gasteiger partial charge in [0.1, 0.15) is 0 Å². The van der Waals surface area contributed by atoms with Gasteiger partial charge in [0, 0.05) is 21.5 Å². The first kappa shape index (κ1) is 15.7. The third-order valence-corrected chi connectivity index (χ3v) is 6.15. The van der Waals surface area contributed by atoms with Gasteiger partial charge < -0.3 is 0 Å². The SMILES string of the molecule is O=C(c1ccc(C2CC2(Br)Br)cc1)c1cc(Br)ccc1Cl. The largest absolute Gasteiger partial charge is 0.289 e. The molecule has 1 aliphatic rings. The normalized spacial score (nSPS) is 19.3. The first-order chi connectivity index (χ1) is 9.88. The van der Waals surface area contributed by atoms with Gasteiger partial charge in [-0.1, -0.05) is 83.7 Å². The Morgan fingerprint density at radius 3 is 2.33 bits per heavy atom. The Labute approximate surface area is 153 Å². The van der Waals surface area contributed by atoms with Crippen LogP contribution in [0.2, 0.25) is 5.02 Å². The highest BCUT2D eigenvalue weighted by molar-refractivity contribution is 9.25. The number of carbonyl (C=O) groups is 1. The highest BCUT2D eigenvalue weighted by Gasteiger charge is 2.50. The second-order valence-corrected chi connectivity index (χ2v) is 10.3. The van der Waals surface area contributed by atoms with E-state index in [1.54, 1.807) is 12.1 Å². The highest BCUT2D eigenvalue weighted by atomic mass is 79.9. The summed E-state index contributed by atoms with van der Waals surface area (Å²) >= 11 is 16.7. The molecule has 0 amide bonds. The minimum atomic E-state index is -0.0624. The molecule has 2 aromatic rings. The van der Waals surface area contributed by atoms with E-state index in [-0.39, 0.29) is 9.02 Å². The van der Waals surface area contributed by atoms with Gasteiger partial charge in [0.2, 0.25) is 0 Å². The van der Waals surface area contributed by atoms with Crippen molar-refractivity contribution < 1.29 is 4.79 Å². The lowest BCUT2D eigenvalue weighted by molar-refractivity contribution is 0.103. The standard InChI is InChI=1S/C16H10Br3ClO/c17-11-5-6-14(20)12(7-11)15(21)10-3-1-9(2-4-10)13-8-16(13,18)19/h1-7,13H,8H2. The van der Waals surface area contributed by atoms with Gasteiger partial charge in [-0.25, -0.2) is 0 Å². The molecule has 5 heteroatoms. The fourth-order valence-corrected chi connectivity index (χ4v) is 4.01. The molecule has 1 atom stereocenters. The third kappa shape index (κ3) is 3.29. The molecule has 0 aromatic heterocycles. The van der Waals surface area contributed by atoms with Crippen molar-refractivity contribution in [1.82, 2.24) is 0 Å². The number of hydrogen-bond donors (Lipinski definition) is 0. The number of halogens is 4. The van der Waals surface area contributed by atoms with Crippen molar-refractivity contribution in [3.05, 3.63) is 68.7 Å². The minimum Gasteiger partial charge on any atom is -0.289 e. The second kappa shape index (κ2) is 5.80. The molecule has 108 valence electrons. The fraction of sp³-hybridized carbons (Fsp3) is 0.188. The zero-order valence-corrected chi connectivity index (χ0v) is 16.3. The molecule has 21 heavy (non-hydrogen) atoms. The van der Waals surface area contributed by atoms with Gasteiger partial charge in [-0.2, -0.15) is 0 Å². The zero-order valence-electron chi connectivity index (χ0n) is 10.7. The van der Waals surface area contributed by atoms with Crippen LogP contribution in [0.5, 0.6) is 0 Å². The van der Waals surface area contributed by atoms with Crippen molar-refractivity contribution in [2.75, 3.05) is 0 Å². The first-order valence-electron chi connectivity index (χ1n) is 6.36. The van der Waals surface area contributed by atoms with Crippen LogP contribution < -0.4 is 0 Å². The van der Waals surface area contributed by atoms with E-state index in [2.05, 4.69) is 47.8 Å². The molecule has 0 radical (unpaired) electrons. The predicted octanol–water partition coefficient (Wildman–Crippen LogP) is 6.31. The monoisotopic (exact) mass is 490 g/mol. The molecule has 0 N–H and O–H groups in total. The molecule has 0 aliphatic heterocycles. The minimum absolute atomic E-state index is 0.0269. The van der Waals surface area contributed by atoms with E-state index in [1.165, 1.54) is 5.56 Å². The second-order valence-electron chi connectivity index (χ2n) is 5.09. The van der Waals surface area contributed by atoms with E-state index in [9.17, 15) is 4.79 Å². The lowest BCUT2D eigenvalue weighted by atomic mass is 10.0. The molecule has 3 rings (SSSR count). The van der Waals surface area contributed by atoms with E-state index < -0.39 is 0 Å². The molecule has 0 bridgehead atoms. The number of ketones is 1. The number of rotatable bonds is 3. The average Bonchev–Trinajstić information content (AvgIpc) is 3.10. The number of carbonyl (C=O) groups excluding carboxylic acids is 1. The Bertz CT molecular complexity index is 710. The lowest BCUT2D eigenvalue weighted by Crippen LogP contribution is -2.02. The maximum Gasteiger partial charge on any atom is 0.194 e. The third-order valence-electron chi connectivity index (χ3n) is 3.57. The van der Waals surface area contributed by atoms with Crippen LogP contribution in [-0.4, -0.2) is 9.02 Å². The predicted molar refractivity (Wildman–Crippen MR) is 97.0 cm³/mol. The summed E-state index contributed by atoms with van der Waals surface area (Å²) in [6, 6.07) is 13.0. The van der Waals surface area contributed by atoms with Crippen molar-refractivity contribution in [1.29, 1.82) is 0 Å². The lowest BCUT2D eigenvalue weighted by Gasteiger charge is -2.06. The van der Waals surface area contributed by atoms with Gasteiger partial charge in [0.05, 0.1) is 8.26 Å². The molecule has 1 fully saturated rings. The molecule has 0 saturated heterocycles. The highest BCUT2D eigenvalue weighted by Crippen LogP contribution is 2.62. The molecule has 0 heterocycles. The molecule has 1 unspecified atom stereocenters. The summed E-state index contributed by atoms with van der Waals surface area (Å²) < 4.78 is 0.868. The number of hydrogen-bond acceptors (Lipinski definition) is 1. The summed E-state index contributed by atoms with van der Waals surface area (Å²) in [4.78, 5) is 12.5. The summed E-state index contributed by atoms with van der Waals surface area (Å²) in [5.41, 5.74) is 2.38. The number of benzene rings is 2. The van der Waals surface area contributed by atoms with Crippen LogP contribution in [0, 0.1) is 0 Å². The van der Waals surface area contributed by atoms with Gasteiger partial charge in [-0.05, 0) is 30.2 Å². The van der Waals surface area contributed by atoms with Crippen LogP contribution in [0.15, 0.2) is 46.9 Å². The molecule has 2 aromatic carbocycles. The molecular weight excluding hydrogens is 483 g/mol. The van der Waals surface area contributed by atoms with E-state index >= 15 is 0 Å². The van der Waals surface area contributed by atoms with Crippen LogP contribution in [0.4, 0.5) is 0 Å². The fourth-order valence-electron chi connectivity index (χ4n) is 2.27. The van der Waals surface area contributed by atoms with E-state index in [1.807, 2.05) is 30.3 Å². The van der Waals surface area contributed by atoms with Crippen molar-refractivity contribution >= 4 is 65.2 Å². The van der Waals surface area contributed by atoms with Crippen molar-refractivity contribution in [3.63, 3.8) is 0 Å². The van der Waals surface area contributed by atoms with E-state index in [4.69, 9.17) is 11.6 Å². The Balaban J connectivity index is 1.87. The van der Waals surface area contributed by atoms with Gasteiger partial charge in [-0.15, -0.1) is 0 Å². The van der Waals surface area contributed by atoms with Crippen molar-refractivity contribution in [2.24, 2.45) is 0 Å². The molecule has 0 spiro atoms. The van der Waals surface area contributed by atoms with Crippen LogP contribution in [0.3, 0.4) is 0 Å². The maximum atomic E-state index is 12.5. The van der Waals surface area contributed by atoms with Crippen molar-refractivity contribution in [2.45, 2.75) is 15.6 Å². The van der Waals surface area contributed by atoms with Gasteiger partial charge >= 0.3 is 0 Å². The Hall–Kier alpha value is -0.160. The summed E-state index contributed by atoms with van der Waals surface area (Å²) in [5, 5.41) is 0.467. The van der Waals surface area contributed by atoms with Gasteiger partial charge in [0.25, 0.3) is 0 Å². The number of alkyl halides is 2. The van der Waals surface area contributed by atoms with Gasteiger partial charge in [-0.3, -0.25) is 4.79 Å². The molecular formula is C16H10Br3ClO. The van der Waals surface area contributed by atoms with E-state index in [0.29, 0.717) is 22.1 Å². The van der Waals surface area contributed by atoms with Crippen LogP contribution in [-0.2, 0) is 0 Å². The van der Waals surface area contributed by atoms with Crippen molar-refractivity contribution in [3.8, 4) is 0 Å². The summed E-state index contributed by atoms with van der Waals surface area (Å²) in [6.45, 7) is 0. The molecule has 1 nitrogen and oxygen atoms in total. The smallest absolute Gasteiger partial charge is 0.194 e. The zero-order chi connectivity index (χ0) is 15.2. The Kier molecular flexibility index (Phi) is 4.34. The first-order valence-corrected chi connectivity index (χ1v) is 9.12. The van der Waals surface area contributed by atoms with Crippen LogP contribution in [0.25, 0.3) is 0 Å². The summed E-state index contributed by atoms with van der Waals surface area (Å²) in [7, 11) is 0.